The summed E-state index contributed by atoms with van der Waals surface area (Å²) in [5.74, 6) is 1.11. The molecular weight excluding hydrogens is 172 g/mol. The van der Waals surface area contributed by atoms with Gasteiger partial charge in [-0.2, -0.15) is 0 Å². The number of aryl methyl sites for hydroxylation is 1. The molecule has 0 unspecified atom stereocenters. The summed E-state index contributed by atoms with van der Waals surface area (Å²) in [6.45, 7) is 8.48. The van der Waals surface area contributed by atoms with Crippen LogP contribution < -0.4 is 0 Å². The van der Waals surface area contributed by atoms with Crippen LogP contribution in [0.3, 0.4) is 0 Å². The molecule has 0 amide bonds. The molecule has 0 aromatic heterocycles. The van der Waals surface area contributed by atoms with E-state index in [1.54, 1.807) is 0 Å². The van der Waals surface area contributed by atoms with Gasteiger partial charge in [-0.25, -0.2) is 0 Å². The van der Waals surface area contributed by atoms with Crippen LogP contribution in [0.25, 0.3) is 0 Å². The van der Waals surface area contributed by atoms with Crippen molar-refractivity contribution < 1.29 is 5.11 Å². The maximum Gasteiger partial charge on any atom is 0.122 e. The van der Waals surface area contributed by atoms with Crippen molar-refractivity contribution in [3.05, 3.63) is 28.8 Å². The van der Waals surface area contributed by atoms with Crippen molar-refractivity contribution in [2.45, 2.75) is 40.5 Å². The Labute approximate surface area is 86.8 Å². The van der Waals surface area contributed by atoms with Gasteiger partial charge in [-0.05, 0) is 42.4 Å². The molecule has 0 saturated carbocycles. The molecule has 1 aromatic carbocycles. The fourth-order valence-electron chi connectivity index (χ4n) is 1.84. The molecule has 0 bridgehead atoms. The zero-order valence-electron chi connectivity index (χ0n) is 9.59. The van der Waals surface area contributed by atoms with E-state index in [4.69, 9.17) is 0 Å². The Hall–Kier alpha value is -0.980. The third kappa shape index (κ3) is 2.28. The minimum atomic E-state index is 0.515. The average molecular weight is 192 g/mol. The minimum Gasteiger partial charge on any atom is -0.507 e. The van der Waals surface area contributed by atoms with Gasteiger partial charge in [0.1, 0.15) is 5.75 Å². The fraction of sp³-hybridized carbons (Fsp3) is 0.538. The van der Waals surface area contributed by atoms with Gasteiger partial charge in [0.05, 0.1) is 0 Å². The lowest BCUT2D eigenvalue weighted by atomic mass is 9.96. The van der Waals surface area contributed by atoms with Crippen molar-refractivity contribution >= 4 is 0 Å². The lowest BCUT2D eigenvalue weighted by Crippen LogP contribution is -1.98. The van der Waals surface area contributed by atoms with Gasteiger partial charge in [0, 0.05) is 0 Å². The zero-order chi connectivity index (χ0) is 10.7. The van der Waals surface area contributed by atoms with Crippen LogP contribution in [0.2, 0.25) is 0 Å². The molecule has 0 spiro atoms. The molecule has 0 fully saturated rings. The Morgan fingerprint density at radius 1 is 1.29 bits per heavy atom. The summed E-state index contributed by atoms with van der Waals surface area (Å²) in [4.78, 5) is 0. The molecule has 0 aliphatic carbocycles. The van der Waals surface area contributed by atoms with Gasteiger partial charge < -0.3 is 5.11 Å². The highest BCUT2D eigenvalue weighted by Gasteiger charge is 2.09. The van der Waals surface area contributed by atoms with Gasteiger partial charge >= 0.3 is 0 Å². The molecule has 1 rings (SSSR count). The van der Waals surface area contributed by atoms with E-state index in [1.165, 1.54) is 5.56 Å². The Kier molecular flexibility index (Phi) is 3.56. The van der Waals surface area contributed by atoms with E-state index in [0.717, 1.165) is 24.0 Å². The van der Waals surface area contributed by atoms with Crippen LogP contribution in [0.15, 0.2) is 12.1 Å². The lowest BCUT2D eigenvalue weighted by Gasteiger charge is -2.12. The summed E-state index contributed by atoms with van der Waals surface area (Å²) in [5.41, 5.74) is 3.38. The van der Waals surface area contributed by atoms with Gasteiger partial charge in [0.15, 0.2) is 0 Å². The molecule has 0 saturated heterocycles. The van der Waals surface area contributed by atoms with E-state index < -0.39 is 0 Å². The first-order valence-electron chi connectivity index (χ1n) is 5.36. The molecule has 1 heteroatoms. The maximum absolute atomic E-state index is 10.0. The van der Waals surface area contributed by atoms with Gasteiger partial charge in [0.2, 0.25) is 0 Å². The quantitative estimate of drug-likeness (QED) is 0.777. The van der Waals surface area contributed by atoms with Crippen LogP contribution in [-0.4, -0.2) is 5.11 Å². The van der Waals surface area contributed by atoms with Crippen LogP contribution in [-0.2, 0) is 12.8 Å². The van der Waals surface area contributed by atoms with Crippen molar-refractivity contribution in [3.8, 4) is 5.75 Å². The standard InChI is InChI=1S/C13H20O/c1-5-12-10(4)6-7-11(13(12)14)8-9(2)3/h6-7,9,14H,5,8H2,1-4H3. The predicted octanol–water partition coefficient (Wildman–Crippen LogP) is 3.46. The van der Waals surface area contributed by atoms with Crippen molar-refractivity contribution in [2.24, 2.45) is 5.92 Å². The first-order chi connectivity index (χ1) is 6.56. The van der Waals surface area contributed by atoms with Crippen LogP contribution in [0.4, 0.5) is 0 Å². The highest BCUT2D eigenvalue weighted by Crippen LogP contribution is 2.28. The Morgan fingerprint density at radius 3 is 2.43 bits per heavy atom. The molecule has 1 aromatic rings. The van der Waals surface area contributed by atoms with Gasteiger partial charge in [-0.3, -0.25) is 0 Å². The topological polar surface area (TPSA) is 20.2 Å². The fourth-order valence-corrected chi connectivity index (χ4v) is 1.84. The minimum absolute atomic E-state index is 0.515. The first kappa shape index (κ1) is 11.1. The highest BCUT2D eigenvalue weighted by atomic mass is 16.3. The molecule has 0 heterocycles. The third-order valence-electron chi connectivity index (χ3n) is 2.58. The summed E-state index contributed by atoms with van der Waals surface area (Å²) < 4.78 is 0. The lowest BCUT2D eigenvalue weighted by molar-refractivity contribution is 0.455. The number of aromatic hydroxyl groups is 1. The number of hydrogen-bond acceptors (Lipinski definition) is 1. The van der Waals surface area contributed by atoms with Gasteiger partial charge in [-0.15, -0.1) is 0 Å². The average Bonchev–Trinajstić information content (AvgIpc) is 2.10. The smallest absolute Gasteiger partial charge is 0.122 e. The van der Waals surface area contributed by atoms with Crippen molar-refractivity contribution in [1.82, 2.24) is 0 Å². The van der Waals surface area contributed by atoms with Gasteiger partial charge in [-0.1, -0.05) is 32.9 Å². The largest absolute Gasteiger partial charge is 0.507 e. The van der Waals surface area contributed by atoms with Crippen LogP contribution >= 0.6 is 0 Å². The number of rotatable bonds is 3. The second-order valence-corrected chi connectivity index (χ2v) is 4.32. The molecule has 1 nitrogen and oxygen atoms in total. The summed E-state index contributed by atoms with van der Waals surface area (Å²) >= 11 is 0. The number of phenolic OH excluding ortho intramolecular Hbond substituents is 1. The monoisotopic (exact) mass is 192 g/mol. The van der Waals surface area contributed by atoms with E-state index in [-0.39, 0.29) is 0 Å². The number of benzene rings is 1. The van der Waals surface area contributed by atoms with Gasteiger partial charge in [0.25, 0.3) is 0 Å². The predicted molar refractivity (Wildman–Crippen MR) is 60.8 cm³/mol. The summed E-state index contributed by atoms with van der Waals surface area (Å²) in [6, 6.07) is 4.15. The molecule has 14 heavy (non-hydrogen) atoms. The molecule has 1 N–H and O–H groups in total. The number of phenols is 1. The van der Waals surface area contributed by atoms with E-state index >= 15 is 0 Å². The Morgan fingerprint density at radius 2 is 1.93 bits per heavy atom. The van der Waals surface area contributed by atoms with Crippen molar-refractivity contribution in [3.63, 3.8) is 0 Å². The van der Waals surface area contributed by atoms with Crippen LogP contribution in [0.5, 0.6) is 5.75 Å². The van der Waals surface area contributed by atoms with E-state index in [2.05, 4.69) is 33.8 Å². The summed E-state index contributed by atoms with van der Waals surface area (Å²) in [5, 5.41) is 10.0. The van der Waals surface area contributed by atoms with Crippen molar-refractivity contribution in [2.75, 3.05) is 0 Å². The highest BCUT2D eigenvalue weighted by molar-refractivity contribution is 5.45. The van der Waals surface area contributed by atoms with Crippen molar-refractivity contribution in [1.29, 1.82) is 0 Å². The third-order valence-corrected chi connectivity index (χ3v) is 2.58. The molecule has 0 atom stereocenters. The number of hydrogen-bond donors (Lipinski definition) is 1. The zero-order valence-corrected chi connectivity index (χ0v) is 9.59. The van der Waals surface area contributed by atoms with Crippen LogP contribution in [0.1, 0.15) is 37.5 Å². The SMILES string of the molecule is CCc1c(C)ccc(CC(C)C)c1O. The molecule has 0 aliphatic rings. The van der Waals surface area contributed by atoms with E-state index in [1.807, 2.05) is 6.07 Å². The Balaban J connectivity index is 3.08. The summed E-state index contributed by atoms with van der Waals surface area (Å²) in [6.07, 6.45) is 1.86. The molecule has 0 aliphatic heterocycles. The molecule has 78 valence electrons. The van der Waals surface area contributed by atoms with Crippen LogP contribution in [0, 0.1) is 12.8 Å². The normalized spacial score (nSPS) is 10.9. The maximum atomic E-state index is 10.0. The molecular formula is C13H20O. The van der Waals surface area contributed by atoms with E-state index in [0.29, 0.717) is 11.7 Å². The molecule has 0 radical (unpaired) electrons. The second-order valence-electron chi connectivity index (χ2n) is 4.32. The summed E-state index contributed by atoms with van der Waals surface area (Å²) in [7, 11) is 0. The first-order valence-corrected chi connectivity index (χ1v) is 5.36. The Bertz CT molecular complexity index is 313. The second kappa shape index (κ2) is 4.50. The van der Waals surface area contributed by atoms with E-state index in [9.17, 15) is 5.11 Å².